The molecule has 8 heteroatoms. The number of nitrogens with one attached hydrogen (secondary N) is 1. The van der Waals surface area contributed by atoms with E-state index in [0.29, 0.717) is 34.5 Å². The molecule has 29 heavy (non-hydrogen) atoms. The van der Waals surface area contributed by atoms with E-state index in [4.69, 9.17) is 18.9 Å². The number of ether oxygens (including phenoxy) is 4. The van der Waals surface area contributed by atoms with E-state index in [2.05, 4.69) is 40.3 Å². The molecular formula is C21H25BrN2O5. The number of hydrogen-bond donors (Lipinski definition) is 1. The summed E-state index contributed by atoms with van der Waals surface area (Å²) in [6, 6.07) is 9.25. The number of methoxy groups -OCH3 is 3. The van der Waals surface area contributed by atoms with E-state index in [1.54, 1.807) is 12.1 Å². The van der Waals surface area contributed by atoms with E-state index in [9.17, 15) is 4.79 Å². The van der Waals surface area contributed by atoms with Crippen LogP contribution >= 0.6 is 15.9 Å². The predicted molar refractivity (Wildman–Crippen MR) is 116 cm³/mol. The maximum Gasteiger partial charge on any atom is 0.277 e. The van der Waals surface area contributed by atoms with E-state index in [1.165, 1.54) is 33.1 Å². The molecule has 0 bridgehead atoms. The van der Waals surface area contributed by atoms with Crippen molar-refractivity contribution in [2.75, 3.05) is 27.9 Å². The molecule has 1 amide bonds. The fourth-order valence-electron chi connectivity index (χ4n) is 2.52. The van der Waals surface area contributed by atoms with Crippen LogP contribution in [0, 0.1) is 0 Å². The Labute approximate surface area is 179 Å². The highest BCUT2D eigenvalue weighted by atomic mass is 79.9. The van der Waals surface area contributed by atoms with Gasteiger partial charge in [0.15, 0.2) is 18.1 Å². The van der Waals surface area contributed by atoms with E-state index in [0.717, 1.165) is 4.47 Å². The molecule has 0 saturated heterocycles. The molecule has 0 heterocycles. The fourth-order valence-corrected chi connectivity index (χ4v) is 3.03. The van der Waals surface area contributed by atoms with Crippen LogP contribution in [0.3, 0.4) is 0 Å². The molecule has 0 saturated carbocycles. The van der Waals surface area contributed by atoms with Crippen LogP contribution in [0.5, 0.6) is 23.0 Å². The molecule has 156 valence electrons. The molecule has 0 radical (unpaired) electrons. The molecule has 0 unspecified atom stereocenters. The lowest BCUT2D eigenvalue weighted by molar-refractivity contribution is -0.123. The summed E-state index contributed by atoms with van der Waals surface area (Å²) >= 11 is 3.47. The lowest BCUT2D eigenvalue weighted by atomic mass is 10.0. The summed E-state index contributed by atoms with van der Waals surface area (Å²) in [4.78, 5) is 12.0. The Morgan fingerprint density at radius 1 is 1.07 bits per heavy atom. The zero-order chi connectivity index (χ0) is 21.4. The van der Waals surface area contributed by atoms with Crippen molar-refractivity contribution in [2.24, 2.45) is 5.10 Å². The summed E-state index contributed by atoms with van der Waals surface area (Å²) < 4.78 is 22.2. The Balaban J connectivity index is 1.96. The number of nitrogens with zero attached hydrogens (tertiary/aromatic N) is 1. The number of rotatable bonds is 9. The maximum absolute atomic E-state index is 12.0. The second kappa shape index (κ2) is 10.7. The van der Waals surface area contributed by atoms with Crippen LogP contribution in [0.15, 0.2) is 39.9 Å². The van der Waals surface area contributed by atoms with Crippen LogP contribution in [0.1, 0.15) is 30.9 Å². The van der Waals surface area contributed by atoms with Crippen molar-refractivity contribution in [3.05, 3.63) is 45.9 Å². The number of hydrogen-bond acceptors (Lipinski definition) is 6. The van der Waals surface area contributed by atoms with E-state index < -0.39 is 0 Å². The highest BCUT2D eigenvalue weighted by Crippen LogP contribution is 2.37. The van der Waals surface area contributed by atoms with Gasteiger partial charge in [-0.1, -0.05) is 19.9 Å². The second-order valence-electron chi connectivity index (χ2n) is 6.39. The molecule has 0 aliphatic carbocycles. The summed E-state index contributed by atoms with van der Waals surface area (Å²) in [6.45, 7) is 4.07. The topological polar surface area (TPSA) is 78.4 Å². The number of hydrazone groups is 1. The Hall–Kier alpha value is -2.74. The van der Waals surface area contributed by atoms with E-state index in [-0.39, 0.29) is 12.5 Å². The molecule has 0 aromatic heterocycles. The predicted octanol–water partition coefficient (Wildman–Crippen LogP) is 4.13. The minimum Gasteiger partial charge on any atom is -0.493 e. The molecule has 2 rings (SSSR count). The van der Waals surface area contributed by atoms with Crippen LogP contribution in [0.4, 0.5) is 0 Å². The molecule has 1 N–H and O–H groups in total. The molecule has 0 spiro atoms. The van der Waals surface area contributed by atoms with Gasteiger partial charge in [0.2, 0.25) is 5.75 Å². The van der Waals surface area contributed by atoms with Crippen molar-refractivity contribution >= 4 is 28.1 Å². The van der Waals surface area contributed by atoms with Gasteiger partial charge in [0.25, 0.3) is 5.91 Å². The van der Waals surface area contributed by atoms with Crippen molar-refractivity contribution < 1.29 is 23.7 Å². The van der Waals surface area contributed by atoms with Crippen molar-refractivity contribution in [2.45, 2.75) is 19.8 Å². The van der Waals surface area contributed by atoms with Gasteiger partial charge >= 0.3 is 0 Å². The summed E-state index contributed by atoms with van der Waals surface area (Å²) in [7, 11) is 4.59. The van der Waals surface area contributed by atoms with Crippen molar-refractivity contribution in [1.82, 2.24) is 5.43 Å². The van der Waals surface area contributed by atoms with Crippen molar-refractivity contribution in [1.29, 1.82) is 0 Å². The molecule has 0 aliphatic heterocycles. The average molecular weight is 465 g/mol. The van der Waals surface area contributed by atoms with Crippen LogP contribution in [0.2, 0.25) is 0 Å². The Morgan fingerprint density at radius 2 is 1.72 bits per heavy atom. The van der Waals surface area contributed by atoms with Gasteiger partial charge in [-0.3, -0.25) is 4.79 Å². The van der Waals surface area contributed by atoms with Crippen LogP contribution in [-0.2, 0) is 4.79 Å². The number of amides is 1. The van der Waals surface area contributed by atoms with Gasteiger partial charge in [-0.2, -0.15) is 5.10 Å². The van der Waals surface area contributed by atoms with Crippen LogP contribution < -0.4 is 24.4 Å². The summed E-state index contributed by atoms with van der Waals surface area (Å²) in [5.74, 6) is 2.11. The SMILES string of the molecule is COc1cc(C=NNC(=O)COc2ccc(C(C)C)cc2Br)cc(OC)c1OC. The van der Waals surface area contributed by atoms with Crippen molar-refractivity contribution in [3.63, 3.8) is 0 Å². The third-order valence-electron chi connectivity index (χ3n) is 4.07. The minimum atomic E-state index is -0.381. The first-order valence-electron chi connectivity index (χ1n) is 8.93. The van der Waals surface area contributed by atoms with Gasteiger partial charge in [-0.05, 0) is 51.7 Å². The molecular weight excluding hydrogens is 440 g/mol. The zero-order valence-corrected chi connectivity index (χ0v) is 18.7. The fraction of sp³-hybridized carbons (Fsp3) is 0.333. The van der Waals surface area contributed by atoms with E-state index in [1.807, 2.05) is 18.2 Å². The largest absolute Gasteiger partial charge is 0.493 e. The number of benzene rings is 2. The molecule has 2 aromatic carbocycles. The van der Waals surface area contributed by atoms with Gasteiger partial charge in [-0.15, -0.1) is 0 Å². The third kappa shape index (κ3) is 6.12. The Bertz CT molecular complexity index is 858. The Morgan fingerprint density at radius 3 is 2.24 bits per heavy atom. The molecule has 0 atom stereocenters. The average Bonchev–Trinajstić information content (AvgIpc) is 2.71. The molecule has 7 nitrogen and oxygen atoms in total. The summed E-state index contributed by atoms with van der Waals surface area (Å²) in [6.07, 6.45) is 1.48. The molecule has 0 aliphatic rings. The number of carbonyl (C=O) groups excluding carboxylic acids is 1. The first kappa shape index (κ1) is 22.5. The van der Waals surface area contributed by atoms with Gasteiger partial charge in [0, 0.05) is 5.56 Å². The smallest absolute Gasteiger partial charge is 0.277 e. The van der Waals surface area contributed by atoms with E-state index >= 15 is 0 Å². The first-order valence-corrected chi connectivity index (χ1v) is 9.73. The lowest BCUT2D eigenvalue weighted by Gasteiger charge is -2.12. The minimum absolute atomic E-state index is 0.160. The number of halogens is 1. The molecule has 0 fully saturated rings. The van der Waals surface area contributed by atoms with Gasteiger partial charge in [0.05, 0.1) is 32.0 Å². The first-order chi connectivity index (χ1) is 13.9. The van der Waals surface area contributed by atoms with Crippen LogP contribution in [-0.4, -0.2) is 40.1 Å². The standard InChI is InChI=1S/C21H25BrN2O5/c1-13(2)15-6-7-17(16(22)10-15)29-12-20(25)24-23-11-14-8-18(26-3)21(28-5)19(9-14)27-4/h6-11,13H,12H2,1-5H3,(H,24,25). The Kier molecular flexibility index (Phi) is 8.33. The van der Waals surface area contributed by atoms with Gasteiger partial charge in [0.1, 0.15) is 5.75 Å². The van der Waals surface area contributed by atoms with Gasteiger partial charge < -0.3 is 18.9 Å². The highest BCUT2D eigenvalue weighted by molar-refractivity contribution is 9.10. The quantitative estimate of drug-likeness (QED) is 0.445. The highest BCUT2D eigenvalue weighted by Gasteiger charge is 2.12. The van der Waals surface area contributed by atoms with Gasteiger partial charge in [-0.25, -0.2) is 5.43 Å². The molecule has 2 aromatic rings. The normalized spacial score (nSPS) is 10.9. The zero-order valence-electron chi connectivity index (χ0n) is 17.1. The lowest BCUT2D eigenvalue weighted by Crippen LogP contribution is -2.24. The monoisotopic (exact) mass is 464 g/mol. The maximum atomic E-state index is 12.0. The third-order valence-corrected chi connectivity index (χ3v) is 4.69. The summed E-state index contributed by atoms with van der Waals surface area (Å²) in [5.41, 5.74) is 4.29. The second-order valence-corrected chi connectivity index (χ2v) is 7.24. The summed E-state index contributed by atoms with van der Waals surface area (Å²) in [5, 5.41) is 3.95. The number of carbonyl (C=O) groups is 1. The van der Waals surface area contributed by atoms with Crippen LogP contribution in [0.25, 0.3) is 0 Å². The van der Waals surface area contributed by atoms with Crippen molar-refractivity contribution in [3.8, 4) is 23.0 Å².